The van der Waals surface area contributed by atoms with Crippen molar-refractivity contribution >= 4 is 5.69 Å². The highest BCUT2D eigenvalue weighted by Gasteiger charge is 2.19. The second-order valence-electron chi connectivity index (χ2n) is 5.00. The van der Waals surface area contributed by atoms with Crippen LogP contribution >= 0.6 is 0 Å². The molecule has 0 bridgehead atoms. The monoisotopic (exact) mass is 248 g/mol. The summed E-state index contributed by atoms with van der Waals surface area (Å²) in [5.41, 5.74) is 9.64. The van der Waals surface area contributed by atoms with E-state index in [4.69, 9.17) is 10.5 Å². The fourth-order valence-electron chi connectivity index (χ4n) is 2.51. The third-order valence-corrected chi connectivity index (χ3v) is 3.70. The third kappa shape index (κ3) is 3.03. The molecule has 1 aromatic rings. The summed E-state index contributed by atoms with van der Waals surface area (Å²) < 4.78 is 5.71. The van der Waals surface area contributed by atoms with Gasteiger partial charge in [0.2, 0.25) is 0 Å². The minimum atomic E-state index is 0.378. The van der Waals surface area contributed by atoms with E-state index in [-0.39, 0.29) is 0 Å². The molecule has 100 valence electrons. The maximum absolute atomic E-state index is 5.71. The molecule has 1 saturated heterocycles. The minimum Gasteiger partial charge on any atom is -0.375 e. The molecule has 0 saturated carbocycles. The van der Waals surface area contributed by atoms with Crippen LogP contribution in [0, 0.1) is 6.92 Å². The first kappa shape index (κ1) is 13.4. The normalized spacial score (nSPS) is 20.2. The van der Waals surface area contributed by atoms with Crippen molar-refractivity contribution in [3.8, 4) is 0 Å². The topological polar surface area (TPSA) is 38.5 Å². The van der Waals surface area contributed by atoms with Crippen LogP contribution in [0.2, 0.25) is 0 Å². The number of anilines is 1. The van der Waals surface area contributed by atoms with Gasteiger partial charge in [-0.15, -0.1) is 0 Å². The molecule has 0 aliphatic carbocycles. The summed E-state index contributed by atoms with van der Waals surface area (Å²) in [5, 5.41) is 0. The molecule has 1 atom stereocenters. The molecule has 1 fully saturated rings. The molecule has 1 aromatic carbocycles. The van der Waals surface area contributed by atoms with Gasteiger partial charge in [-0.2, -0.15) is 0 Å². The van der Waals surface area contributed by atoms with Gasteiger partial charge in [-0.1, -0.05) is 13.0 Å². The average molecular weight is 248 g/mol. The molecule has 0 amide bonds. The third-order valence-electron chi connectivity index (χ3n) is 3.70. The van der Waals surface area contributed by atoms with Gasteiger partial charge in [-0.05, 0) is 49.6 Å². The van der Waals surface area contributed by atoms with E-state index in [1.165, 1.54) is 16.8 Å². The maximum Gasteiger partial charge on any atom is 0.0748 e. The lowest BCUT2D eigenvalue weighted by molar-refractivity contribution is 0.0384. The van der Waals surface area contributed by atoms with Crippen LogP contribution in [-0.4, -0.2) is 32.3 Å². The summed E-state index contributed by atoms with van der Waals surface area (Å²) in [6.45, 7) is 7.91. The molecular weight excluding hydrogens is 224 g/mol. The van der Waals surface area contributed by atoms with Crippen molar-refractivity contribution in [2.75, 3.05) is 31.1 Å². The summed E-state index contributed by atoms with van der Waals surface area (Å²) in [6.07, 6.45) is 2.43. The molecule has 3 nitrogen and oxygen atoms in total. The molecule has 2 N–H and O–H groups in total. The molecule has 0 aromatic heterocycles. The fraction of sp³-hybridized carbons (Fsp3) is 0.600. The highest BCUT2D eigenvalue weighted by atomic mass is 16.5. The van der Waals surface area contributed by atoms with Crippen molar-refractivity contribution in [2.45, 2.75) is 32.8 Å². The summed E-state index contributed by atoms with van der Waals surface area (Å²) in [4.78, 5) is 2.43. The van der Waals surface area contributed by atoms with E-state index in [0.717, 1.165) is 39.1 Å². The van der Waals surface area contributed by atoms with Crippen LogP contribution in [0.3, 0.4) is 0 Å². The van der Waals surface area contributed by atoms with Crippen molar-refractivity contribution < 1.29 is 4.74 Å². The lowest BCUT2D eigenvalue weighted by atomic mass is 10.0. The Labute approximate surface area is 110 Å². The number of aryl methyl sites for hydroxylation is 1. The van der Waals surface area contributed by atoms with Crippen molar-refractivity contribution in [3.05, 3.63) is 29.3 Å². The smallest absolute Gasteiger partial charge is 0.0748 e. The SMILES string of the molecule is CCC1CN(c2ccc(CCN)c(C)c2)CCO1. The molecule has 1 unspecified atom stereocenters. The van der Waals surface area contributed by atoms with Gasteiger partial charge in [0.05, 0.1) is 12.7 Å². The number of hydrogen-bond acceptors (Lipinski definition) is 3. The van der Waals surface area contributed by atoms with Crippen LogP contribution < -0.4 is 10.6 Å². The van der Waals surface area contributed by atoms with E-state index in [2.05, 4.69) is 36.9 Å². The van der Waals surface area contributed by atoms with Gasteiger partial charge >= 0.3 is 0 Å². The predicted octanol–water partition coefficient (Wildman–Crippen LogP) is 2.11. The number of benzene rings is 1. The van der Waals surface area contributed by atoms with Gasteiger partial charge in [-0.3, -0.25) is 0 Å². The lowest BCUT2D eigenvalue weighted by Crippen LogP contribution is -2.42. The largest absolute Gasteiger partial charge is 0.375 e. The lowest BCUT2D eigenvalue weighted by Gasteiger charge is -2.34. The second-order valence-corrected chi connectivity index (χ2v) is 5.00. The molecule has 2 rings (SSSR count). The van der Waals surface area contributed by atoms with Crippen molar-refractivity contribution in [2.24, 2.45) is 5.73 Å². The van der Waals surface area contributed by atoms with Crippen molar-refractivity contribution in [3.63, 3.8) is 0 Å². The molecule has 3 heteroatoms. The number of morpholine rings is 1. The molecular formula is C15H24N2O. The number of nitrogens with zero attached hydrogens (tertiary/aromatic N) is 1. The zero-order valence-corrected chi connectivity index (χ0v) is 11.5. The number of hydrogen-bond donors (Lipinski definition) is 1. The Hall–Kier alpha value is -1.06. The van der Waals surface area contributed by atoms with E-state index in [1.54, 1.807) is 0 Å². The Morgan fingerprint density at radius 1 is 1.44 bits per heavy atom. The maximum atomic E-state index is 5.71. The standard InChI is InChI=1S/C15H24N2O/c1-3-15-11-17(8-9-18-15)14-5-4-13(6-7-16)12(2)10-14/h4-5,10,15H,3,6-9,11,16H2,1-2H3. The van der Waals surface area contributed by atoms with E-state index in [9.17, 15) is 0 Å². The van der Waals surface area contributed by atoms with Crippen LogP contribution in [0.15, 0.2) is 18.2 Å². The van der Waals surface area contributed by atoms with E-state index in [1.807, 2.05) is 0 Å². The Morgan fingerprint density at radius 3 is 2.94 bits per heavy atom. The number of nitrogens with two attached hydrogens (primary N) is 1. The Bertz CT molecular complexity index is 392. The van der Waals surface area contributed by atoms with Crippen LogP contribution in [0.4, 0.5) is 5.69 Å². The zero-order chi connectivity index (χ0) is 13.0. The average Bonchev–Trinajstić information content (AvgIpc) is 2.41. The van der Waals surface area contributed by atoms with Crippen LogP contribution in [0.5, 0.6) is 0 Å². The number of ether oxygens (including phenoxy) is 1. The van der Waals surface area contributed by atoms with Crippen molar-refractivity contribution in [1.82, 2.24) is 0 Å². The van der Waals surface area contributed by atoms with E-state index in [0.29, 0.717) is 6.10 Å². The minimum absolute atomic E-state index is 0.378. The number of rotatable bonds is 4. The van der Waals surface area contributed by atoms with Gasteiger partial charge in [0.15, 0.2) is 0 Å². The fourth-order valence-corrected chi connectivity index (χ4v) is 2.51. The predicted molar refractivity (Wildman–Crippen MR) is 76.2 cm³/mol. The Balaban J connectivity index is 2.10. The van der Waals surface area contributed by atoms with Crippen LogP contribution in [0.25, 0.3) is 0 Å². The summed E-state index contributed by atoms with van der Waals surface area (Å²) in [6, 6.07) is 6.72. The zero-order valence-electron chi connectivity index (χ0n) is 11.5. The second kappa shape index (κ2) is 6.21. The summed E-state index contributed by atoms with van der Waals surface area (Å²) in [5.74, 6) is 0. The molecule has 18 heavy (non-hydrogen) atoms. The highest BCUT2D eigenvalue weighted by Crippen LogP contribution is 2.22. The molecule has 0 radical (unpaired) electrons. The van der Waals surface area contributed by atoms with Crippen LogP contribution in [-0.2, 0) is 11.2 Å². The first-order valence-electron chi connectivity index (χ1n) is 6.90. The highest BCUT2D eigenvalue weighted by molar-refractivity contribution is 5.51. The van der Waals surface area contributed by atoms with Gasteiger partial charge in [0.1, 0.15) is 0 Å². The van der Waals surface area contributed by atoms with E-state index < -0.39 is 0 Å². The van der Waals surface area contributed by atoms with Crippen LogP contribution in [0.1, 0.15) is 24.5 Å². The van der Waals surface area contributed by atoms with Gasteiger partial charge < -0.3 is 15.4 Å². The molecule has 0 spiro atoms. The first-order chi connectivity index (χ1) is 8.74. The Kier molecular flexibility index (Phi) is 4.61. The van der Waals surface area contributed by atoms with E-state index >= 15 is 0 Å². The summed E-state index contributed by atoms with van der Waals surface area (Å²) >= 11 is 0. The van der Waals surface area contributed by atoms with Crippen molar-refractivity contribution in [1.29, 1.82) is 0 Å². The molecule has 1 aliphatic heterocycles. The van der Waals surface area contributed by atoms with Gasteiger partial charge in [0, 0.05) is 18.8 Å². The quantitative estimate of drug-likeness (QED) is 0.887. The Morgan fingerprint density at radius 2 is 2.28 bits per heavy atom. The summed E-state index contributed by atoms with van der Waals surface area (Å²) in [7, 11) is 0. The van der Waals surface area contributed by atoms with Gasteiger partial charge in [0.25, 0.3) is 0 Å². The first-order valence-corrected chi connectivity index (χ1v) is 6.90. The van der Waals surface area contributed by atoms with Gasteiger partial charge in [-0.25, -0.2) is 0 Å². The molecule has 1 heterocycles. The molecule has 1 aliphatic rings.